The summed E-state index contributed by atoms with van der Waals surface area (Å²) in [5.74, 6) is 0. The van der Waals surface area contributed by atoms with Crippen LogP contribution in [0.4, 0.5) is 5.69 Å². The van der Waals surface area contributed by atoms with E-state index in [0.29, 0.717) is 16.7 Å². The van der Waals surface area contributed by atoms with Gasteiger partial charge in [0.25, 0.3) is 0 Å². The molecule has 1 aromatic heterocycles. The fourth-order valence-corrected chi connectivity index (χ4v) is 5.14. The summed E-state index contributed by atoms with van der Waals surface area (Å²) in [4.78, 5) is 17.0. The number of rotatable bonds is 5. The van der Waals surface area contributed by atoms with Crippen molar-refractivity contribution in [3.05, 3.63) is 39.7 Å². The maximum Gasteiger partial charge on any atom is 0.338 e. The number of piperazine rings is 1. The predicted octanol–water partition coefficient (Wildman–Crippen LogP) is 0.802. The molecular formula is C24H34N2O7. The SMILES string of the molecule is CCN1CCN(c2cc(=O)oc3c(C)c([C@@H]4O[C@](C)(CO)[C@H](OC)[C@H](O)[C@H]4O)ccc23)CC1. The number of fused-ring (bicyclic) bond motifs is 1. The summed E-state index contributed by atoms with van der Waals surface area (Å²) in [6.45, 7) is 9.66. The zero-order valence-electron chi connectivity index (χ0n) is 19.7. The average molecular weight is 463 g/mol. The number of ether oxygens (including phenoxy) is 2. The third-order valence-electron chi connectivity index (χ3n) is 7.18. The van der Waals surface area contributed by atoms with Crippen molar-refractivity contribution in [2.24, 2.45) is 0 Å². The molecule has 2 aliphatic rings. The Labute approximate surface area is 193 Å². The number of anilines is 1. The highest BCUT2D eigenvalue weighted by atomic mass is 16.6. The first kappa shape index (κ1) is 24.1. The van der Waals surface area contributed by atoms with Crippen LogP contribution in [0, 0.1) is 6.92 Å². The molecule has 0 radical (unpaired) electrons. The van der Waals surface area contributed by atoms with E-state index in [4.69, 9.17) is 13.9 Å². The van der Waals surface area contributed by atoms with Crippen LogP contribution in [0.1, 0.15) is 31.1 Å². The summed E-state index contributed by atoms with van der Waals surface area (Å²) in [5.41, 5.74) is 0.821. The second kappa shape index (κ2) is 9.32. The van der Waals surface area contributed by atoms with E-state index < -0.39 is 42.2 Å². The Balaban J connectivity index is 1.75. The van der Waals surface area contributed by atoms with Crippen molar-refractivity contribution in [2.75, 3.05) is 51.3 Å². The molecule has 0 saturated carbocycles. The lowest BCUT2D eigenvalue weighted by molar-refractivity contribution is -0.279. The lowest BCUT2D eigenvalue weighted by Crippen LogP contribution is -2.62. The Morgan fingerprint density at radius 1 is 1.18 bits per heavy atom. The van der Waals surface area contributed by atoms with Gasteiger partial charge in [-0.25, -0.2) is 4.79 Å². The van der Waals surface area contributed by atoms with Crippen molar-refractivity contribution in [3.63, 3.8) is 0 Å². The van der Waals surface area contributed by atoms with Crippen molar-refractivity contribution in [1.29, 1.82) is 0 Å². The maximum atomic E-state index is 12.5. The Kier molecular flexibility index (Phi) is 6.82. The molecular weight excluding hydrogens is 428 g/mol. The number of nitrogens with zero attached hydrogens (tertiary/aromatic N) is 2. The van der Waals surface area contributed by atoms with E-state index in [2.05, 4.69) is 16.7 Å². The van der Waals surface area contributed by atoms with Crippen LogP contribution in [0.5, 0.6) is 0 Å². The molecule has 33 heavy (non-hydrogen) atoms. The van der Waals surface area contributed by atoms with Gasteiger partial charge in [0.05, 0.1) is 12.3 Å². The van der Waals surface area contributed by atoms with Crippen LogP contribution >= 0.6 is 0 Å². The van der Waals surface area contributed by atoms with E-state index in [1.165, 1.54) is 13.2 Å². The highest BCUT2D eigenvalue weighted by Gasteiger charge is 2.52. The van der Waals surface area contributed by atoms with Crippen molar-refractivity contribution in [2.45, 2.75) is 50.8 Å². The lowest BCUT2D eigenvalue weighted by atomic mass is 9.83. The van der Waals surface area contributed by atoms with Crippen LogP contribution < -0.4 is 10.5 Å². The molecule has 9 heteroatoms. The smallest absolute Gasteiger partial charge is 0.338 e. The Hall–Kier alpha value is -2.01. The quantitative estimate of drug-likeness (QED) is 0.555. The minimum atomic E-state index is -1.29. The average Bonchev–Trinajstić information content (AvgIpc) is 2.82. The number of hydrogen-bond acceptors (Lipinski definition) is 9. The van der Waals surface area contributed by atoms with Gasteiger partial charge in [-0.05, 0) is 37.6 Å². The first-order valence-corrected chi connectivity index (χ1v) is 11.5. The minimum Gasteiger partial charge on any atom is -0.422 e. The fraction of sp³-hybridized carbons (Fsp3) is 0.625. The number of benzene rings is 1. The molecule has 2 saturated heterocycles. The monoisotopic (exact) mass is 462 g/mol. The van der Waals surface area contributed by atoms with Crippen LogP contribution in [0.25, 0.3) is 11.0 Å². The van der Waals surface area contributed by atoms with E-state index in [0.717, 1.165) is 43.8 Å². The van der Waals surface area contributed by atoms with Crippen molar-refractivity contribution >= 4 is 16.7 Å². The molecule has 2 fully saturated rings. The van der Waals surface area contributed by atoms with E-state index in [1.54, 1.807) is 13.8 Å². The van der Waals surface area contributed by atoms with Crippen molar-refractivity contribution in [3.8, 4) is 0 Å². The van der Waals surface area contributed by atoms with Crippen LogP contribution in [0.3, 0.4) is 0 Å². The number of aliphatic hydroxyl groups is 3. The third kappa shape index (κ3) is 4.18. The van der Waals surface area contributed by atoms with Crippen molar-refractivity contribution in [1.82, 2.24) is 4.90 Å². The van der Waals surface area contributed by atoms with Gasteiger partial charge in [-0.15, -0.1) is 0 Å². The number of aryl methyl sites for hydroxylation is 1. The maximum absolute atomic E-state index is 12.5. The van der Waals surface area contributed by atoms with Gasteiger partial charge in [0.15, 0.2) is 0 Å². The van der Waals surface area contributed by atoms with Crippen LogP contribution in [-0.2, 0) is 9.47 Å². The summed E-state index contributed by atoms with van der Waals surface area (Å²) in [6.07, 6.45) is -4.40. The molecule has 3 heterocycles. The molecule has 3 N–H and O–H groups in total. The van der Waals surface area contributed by atoms with E-state index >= 15 is 0 Å². The number of hydrogen-bond donors (Lipinski definition) is 3. The van der Waals surface area contributed by atoms with Gasteiger partial charge in [0, 0.05) is 44.7 Å². The molecule has 182 valence electrons. The van der Waals surface area contributed by atoms with Crippen LogP contribution in [0.15, 0.2) is 27.4 Å². The molecule has 0 amide bonds. The van der Waals surface area contributed by atoms with Crippen LogP contribution in [-0.4, -0.2) is 90.6 Å². The Morgan fingerprint density at radius 2 is 1.88 bits per heavy atom. The Morgan fingerprint density at radius 3 is 2.48 bits per heavy atom. The number of aliphatic hydroxyl groups excluding tert-OH is 3. The zero-order chi connectivity index (χ0) is 23.9. The second-order valence-corrected chi connectivity index (χ2v) is 9.18. The van der Waals surface area contributed by atoms with Gasteiger partial charge in [-0.2, -0.15) is 0 Å². The third-order valence-corrected chi connectivity index (χ3v) is 7.18. The van der Waals surface area contributed by atoms with E-state index in [1.807, 2.05) is 12.1 Å². The zero-order valence-corrected chi connectivity index (χ0v) is 19.7. The molecule has 0 aliphatic carbocycles. The summed E-state index contributed by atoms with van der Waals surface area (Å²) in [5, 5.41) is 32.3. The number of methoxy groups -OCH3 is 1. The summed E-state index contributed by atoms with van der Waals surface area (Å²) >= 11 is 0. The summed E-state index contributed by atoms with van der Waals surface area (Å²) < 4.78 is 17.0. The molecule has 0 spiro atoms. The fourth-order valence-electron chi connectivity index (χ4n) is 5.14. The number of likely N-dealkylation sites (N-methyl/N-ethyl adjacent to an activating group) is 1. The van der Waals surface area contributed by atoms with Gasteiger partial charge in [-0.3, -0.25) is 0 Å². The molecule has 1 aromatic carbocycles. The molecule has 0 bridgehead atoms. The predicted molar refractivity (Wildman–Crippen MR) is 124 cm³/mol. The second-order valence-electron chi connectivity index (χ2n) is 9.18. The molecule has 0 unspecified atom stereocenters. The topological polar surface area (TPSA) is 116 Å². The van der Waals surface area contributed by atoms with Crippen LogP contribution in [0.2, 0.25) is 0 Å². The first-order chi connectivity index (χ1) is 15.7. The molecule has 4 rings (SSSR count). The molecule has 2 aromatic rings. The van der Waals surface area contributed by atoms with Gasteiger partial charge in [0.1, 0.15) is 35.6 Å². The minimum absolute atomic E-state index is 0.401. The van der Waals surface area contributed by atoms with Gasteiger partial charge < -0.3 is 39.0 Å². The van der Waals surface area contributed by atoms with E-state index in [-0.39, 0.29) is 0 Å². The normalized spacial score (nSPS) is 31.3. The van der Waals surface area contributed by atoms with E-state index in [9.17, 15) is 20.1 Å². The molecule has 5 atom stereocenters. The van der Waals surface area contributed by atoms with Gasteiger partial charge in [-0.1, -0.05) is 13.0 Å². The Bertz CT molecular complexity index is 1050. The van der Waals surface area contributed by atoms with Gasteiger partial charge >= 0.3 is 5.63 Å². The standard InChI is InChI=1S/C24H34N2O7/c1-5-25-8-10-26(11-9-25)17-12-18(28)32-21-14(2)15(6-7-16(17)21)22-19(29)20(30)23(31-4)24(3,13-27)33-22/h6-7,12,19-20,22-23,27,29-30H,5,8-11,13H2,1-4H3/t19-,20-,22+,23-,24-/m1/s1. The summed E-state index contributed by atoms with van der Waals surface area (Å²) in [6, 6.07) is 5.23. The molecule has 9 nitrogen and oxygen atoms in total. The van der Waals surface area contributed by atoms with Gasteiger partial charge in [0.2, 0.25) is 0 Å². The lowest BCUT2D eigenvalue weighted by Gasteiger charge is -2.48. The first-order valence-electron chi connectivity index (χ1n) is 11.5. The van der Waals surface area contributed by atoms with Crippen molar-refractivity contribution < 1.29 is 29.2 Å². The molecule has 2 aliphatic heterocycles. The largest absolute Gasteiger partial charge is 0.422 e. The highest BCUT2D eigenvalue weighted by Crippen LogP contribution is 2.41. The highest BCUT2D eigenvalue weighted by molar-refractivity contribution is 5.92. The summed E-state index contributed by atoms with van der Waals surface area (Å²) in [7, 11) is 1.40.